The van der Waals surface area contributed by atoms with Crippen molar-refractivity contribution in [2.24, 2.45) is 5.10 Å². The molecule has 0 aliphatic carbocycles. The number of nitrogens with zero attached hydrogens (tertiary/aromatic N) is 2. The Bertz CT molecular complexity index is 428. The van der Waals surface area contributed by atoms with Crippen LogP contribution in [-0.2, 0) is 0 Å². The van der Waals surface area contributed by atoms with Gasteiger partial charge >= 0.3 is 0 Å². The van der Waals surface area contributed by atoms with Crippen molar-refractivity contribution >= 4 is 28.6 Å². The number of anilines is 1. The highest BCUT2D eigenvalue weighted by Crippen LogP contribution is 2.06. The normalized spacial score (nSPS) is 10.5. The molecule has 0 amide bonds. The molecule has 0 heterocycles. The monoisotopic (exact) mass is 218 g/mol. The highest BCUT2D eigenvalue weighted by atomic mass is 32.1. The Balaban J connectivity index is 2.77. The fraction of sp³-hybridized carbons (Fsp3) is 0.100. The Kier molecular flexibility index (Phi) is 3.77. The molecule has 0 spiro atoms. The molecule has 5 heteroatoms. The van der Waals surface area contributed by atoms with Crippen LogP contribution >= 0.6 is 12.2 Å². The number of hydrazone groups is 1. The van der Waals surface area contributed by atoms with Crippen molar-refractivity contribution in [1.29, 1.82) is 5.26 Å². The van der Waals surface area contributed by atoms with Crippen molar-refractivity contribution in [2.75, 3.05) is 5.73 Å². The van der Waals surface area contributed by atoms with Crippen LogP contribution in [0.1, 0.15) is 12.5 Å². The van der Waals surface area contributed by atoms with Crippen LogP contribution in [0, 0.1) is 11.3 Å². The van der Waals surface area contributed by atoms with Crippen molar-refractivity contribution in [3.63, 3.8) is 0 Å². The van der Waals surface area contributed by atoms with Crippen molar-refractivity contribution in [1.82, 2.24) is 5.43 Å². The molecule has 0 fully saturated rings. The van der Waals surface area contributed by atoms with Crippen molar-refractivity contribution < 1.29 is 0 Å². The molecule has 1 aromatic rings. The summed E-state index contributed by atoms with van der Waals surface area (Å²) in [5.41, 5.74) is 10.4. The molecule has 0 atom stereocenters. The van der Waals surface area contributed by atoms with Crippen LogP contribution in [0.2, 0.25) is 0 Å². The topological polar surface area (TPSA) is 74.2 Å². The molecule has 15 heavy (non-hydrogen) atoms. The average Bonchev–Trinajstić information content (AvgIpc) is 2.26. The number of nitrogens with two attached hydrogens (primary N) is 1. The van der Waals surface area contributed by atoms with Crippen LogP contribution < -0.4 is 11.2 Å². The second-order valence-corrected chi connectivity index (χ2v) is 3.28. The Morgan fingerprint density at radius 2 is 2.07 bits per heavy atom. The van der Waals surface area contributed by atoms with Crippen LogP contribution in [0.3, 0.4) is 0 Å². The van der Waals surface area contributed by atoms with E-state index >= 15 is 0 Å². The zero-order chi connectivity index (χ0) is 11.3. The summed E-state index contributed by atoms with van der Waals surface area (Å²) >= 11 is 4.65. The average molecular weight is 218 g/mol. The number of nitrogens with one attached hydrogen (secondary N) is 1. The molecule has 0 aromatic heterocycles. The fourth-order valence-electron chi connectivity index (χ4n) is 0.948. The Morgan fingerprint density at radius 1 is 1.47 bits per heavy atom. The van der Waals surface area contributed by atoms with Gasteiger partial charge in [-0.1, -0.05) is 12.1 Å². The zero-order valence-corrected chi connectivity index (χ0v) is 9.01. The van der Waals surface area contributed by atoms with Gasteiger partial charge < -0.3 is 5.73 Å². The molecular weight excluding hydrogens is 208 g/mol. The van der Waals surface area contributed by atoms with Gasteiger partial charge in [0.1, 0.15) is 6.07 Å². The van der Waals surface area contributed by atoms with E-state index < -0.39 is 0 Å². The second kappa shape index (κ2) is 5.08. The van der Waals surface area contributed by atoms with E-state index in [2.05, 4.69) is 22.7 Å². The molecule has 0 saturated heterocycles. The van der Waals surface area contributed by atoms with E-state index in [1.54, 1.807) is 18.2 Å². The SMILES string of the molecule is C/C(=N\NC(=S)C#N)c1ccc(N)cc1. The summed E-state index contributed by atoms with van der Waals surface area (Å²) in [6, 6.07) is 9.06. The molecule has 76 valence electrons. The van der Waals surface area contributed by atoms with E-state index in [9.17, 15) is 0 Å². The Hall–Kier alpha value is -1.93. The minimum absolute atomic E-state index is 0.0461. The van der Waals surface area contributed by atoms with Crippen LogP contribution in [0.25, 0.3) is 0 Å². The molecule has 0 saturated carbocycles. The molecule has 0 bridgehead atoms. The third-order valence-electron chi connectivity index (χ3n) is 1.76. The van der Waals surface area contributed by atoms with E-state index in [0.717, 1.165) is 11.3 Å². The maximum atomic E-state index is 8.42. The Morgan fingerprint density at radius 3 is 2.60 bits per heavy atom. The number of hydrogen-bond donors (Lipinski definition) is 2. The number of thiocarbonyl (C=S) groups is 1. The smallest absolute Gasteiger partial charge is 0.198 e. The summed E-state index contributed by atoms with van der Waals surface area (Å²) in [5.74, 6) is 0. The van der Waals surface area contributed by atoms with Crippen LogP contribution in [0.4, 0.5) is 5.69 Å². The number of nitriles is 1. The first-order valence-corrected chi connectivity index (χ1v) is 4.64. The number of benzene rings is 1. The van der Waals surface area contributed by atoms with Gasteiger partial charge in [0.25, 0.3) is 0 Å². The molecule has 0 unspecified atom stereocenters. The summed E-state index contributed by atoms with van der Waals surface area (Å²) in [6.45, 7) is 1.82. The van der Waals surface area contributed by atoms with Gasteiger partial charge in [0.2, 0.25) is 0 Å². The zero-order valence-electron chi connectivity index (χ0n) is 8.19. The molecule has 3 N–H and O–H groups in total. The lowest BCUT2D eigenvalue weighted by Crippen LogP contribution is -2.14. The van der Waals surface area contributed by atoms with Gasteiger partial charge in [0.15, 0.2) is 4.99 Å². The summed E-state index contributed by atoms with van der Waals surface area (Å²) < 4.78 is 0. The van der Waals surface area contributed by atoms with E-state index in [4.69, 9.17) is 11.0 Å². The minimum Gasteiger partial charge on any atom is -0.399 e. The first-order chi connectivity index (χ1) is 7.13. The number of hydrogen-bond acceptors (Lipinski definition) is 4. The van der Waals surface area contributed by atoms with Crippen molar-refractivity contribution in [3.8, 4) is 6.07 Å². The first-order valence-electron chi connectivity index (χ1n) is 4.23. The number of rotatable bonds is 2. The highest BCUT2D eigenvalue weighted by Gasteiger charge is 1.97. The van der Waals surface area contributed by atoms with Gasteiger partial charge in [0, 0.05) is 5.69 Å². The summed E-state index contributed by atoms with van der Waals surface area (Å²) in [4.78, 5) is 0.0461. The summed E-state index contributed by atoms with van der Waals surface area (Å²) in [5, 5.41) is 12.4. The Labute approximate surface area is 93.4 Å². The maximum absolute atomic E-state index is 8.42. The van der Waals surface area contributed by atoms with E-state index in [-0.39, 0.29) is 4.99 Å². The van der Waals surface area contributed by atoms with Crippen molar-refractivity contribution in [3.05, 3.63) is 29.8 Å². The maximum Gasteiger partial charge on any atom is 0.198 e. The third-order valence-corrected chi connectivity index (χ3v) is 1.94. The van der Waals surface area contributed by atoms with Crippen LogP contribution in [0.5, 0.6) is 0 Å². The lowest BCUT2D eigenvalue weighted by atomic mass is 10.1. The van der Waals surface area contributed by atoms with Gasteiger partial charge in [-0.15, -0.1) is 0 Å². The highest BCUT2D eigenvalue weighted by molar-refractivity contribution is 7.80. The summed E-state index contributed by atoms with van der Waals surface area (Å²) in [6.07, 6.45) is 0. The fourth-order valence-corrected chi connectivity index (χ4v) is 0.994. The lowest BCUT2D eigenvalue weighted by molar-refractivity contribution is 1.05. The molecule has 0 aliphatic rings. The molecule has 4 nitrogen and oxygen atoms in total. The van der Waals surface area contributed by atoms with Crippen molar-refractivity contribution in [2.45, 2.75) is 6.92 Å². The number of nitrogen functional groups attached to an aromatic ring is 1. The first kappa shape index (κ1) is 11.1. The third kappa shape index (κ3) is 3.37. The van der Waals surface area contributed by atoms with Gasteiger partial charge in [0.05, 0.1) is 5.71 Å². The second-order valence-electron chi connectivity index (χ2n) is 2.87. The largest absolute Gasteiger partial charge is 0.399 e. The lowest BCUT2D eigenvalue weighted by Gasteiger charge is -2.01. The van der Waals surface area contributed by atoms with Gasteiger partial charge in [-0.25, -0.2) is 0 Å². The molecule has 1 aromatic carbocycles. The van der Waals surface area contributed by atoms with E-state index in [1.165, 1.54) is 0 Å². The molecule has 0 aliphatic heterocycles. The minimum atomic E-state index is 0.0461. The molecule has 1 rings (SSSR count). The molecule has 0 radical (unpaired) electrons. The van der Waals surface area contributed by atoms with Gasteiger partial charge in [-0.3, -0.25) is 5.43 Å². The quantitative estimate of drug-likeness (QED) is 0.341. The predicted octanol–water partition coefficient (Wildman–Crippen LogP) is 1.43. The van der Waals surface area contributed by atoms with Gasteiger partial charge in [-0.05, 0) is 36.8 Å². The van der Waals surface area contributed by atoms with E-state index in [0.29, 0.717) is 5.69 Å². The molecular formula is C10H10N4S. The predicted molar refractivity (Wildman–Crippen MR) is 64.4 cm³/mol. The van der Waals surface area contributed by atoms with Crippen LogP contribution in [0.15, 0.2) is 29.4 Å². The van der Waals surface area contributed by atoms with Crippen LogP contribution in [-0.4, -0.2) is 10.7 Å². The van der Waals surface area contributed by atoms with E-state index in [1.807, 2.05) is 19.1 Å². The summed E-state index contributed by atoms with van der Waals surface area (Å²) in [7, 11) is 0. The standard InChI is InChI=1S/C10H10N4S/c1-7(13-14-10(15)6-11)8-2-4-9(12)5-3-8/h2-5H,12H2,1H3,(H,14,15)/b13-7+. The van der Waals surface area contributed by atoms with Gasteiger partial charge in [-0.2, -0.15) is 10.4 Å².